The Morgan fingerprint density at radius 2 is 2.00 bits per heavy atom. The third-order valence-electron chi connectivity index (χ3n) is 4.99. The fraction of sp³-hybridized carbons (Fsp3) is 0.103. The second-order valence-corrected chi connectivity index (χ2v) is 7.83. The number of aromatic nitrogens is 4. The highest BCUT2D eigenvalue weighted by Gasteiger charge is 2.12. The van der Waals surface area contributed by atoms with Gasteiger partial charge in [-0.1, -0.05) is 6.04 Å². The molecule has 3 heterocycles. The van der Waals surface area contributed by atoms with Gasteiger partial charge in [0.2, 0.25) is 5.95 Å². The van der Waals surface area contributed by atoms with E-state index in [1.807, 2.05) is 42.9 Å². The van der Waals surface area contributed by atoms with E-state index in [-0.39, 0.29) is 0 Å². The third kappa shape index (κ3) is 5.15. The summed E-state index contributed by atoms with van der Waals surface area (Å²) in [5, 5.41) is 5.11. The van der Waals surface area contributed by atoms with Crippen LogP contribution in [-0.2, 0) is 0 Å². The van der Waals surface area contributed by atoms with Crippen LogP contribution >= 0.6 is 0 Å². The van der Waals surface area contributed by atoms with Crippen molar-refractivity contribution in [2.75, 3.05) is 10.6 Å². The molecule has 0 fully saturated rings. The van der Waals surface area contributed by atoms with Crippen LogP contribution < -0.4 is 10.6 Å². The van der Waals surface area contributed by atoms with Gasteiger partial charge in [-0.15, -0.1) is 0 Å². The van der Waals surface area contributed by atoms with Crippen molar-refractivity contribution in [2.45, 2.75) is 20.7 Å². The van der Waals surface area contributed by atoms with Gasteiger partial charge in [-0.3, -0.25) is 9.78 Å². The molecule has 7 heteroatoms. The standard InChI is InChI=1S/C29H26N6O/c1-19-9-12-35(18-19)25-14-20(2)13-24(16-25)32-28(36)22-7-6-21(3)27(15-22)34-29-31-11-8-26(33-29)23-5-4-10-30-17-23/h4-18H,1-3H3,(H,32,36)(H,31,33,34)/i3D3,4D,5D,6D,7D,8D,10D,11D,15D,17D. The van der Waals surface area contributed by atoms with Gasteiger partial charge in [0.25, 0.3) is 5.91 Å². The number of amides is 1. The zero-order valence-electron chi connectivity index (χ0n) is 31.2. The zero-order chi connectivity index (χ0) is 35.4. The molecule has 0 saturated heterocycles. The molecule has 0 saturated carbocycles. The van der Waals surface area contributed by atoms with Gasteiger partial charge < -0.3 is 15.2 Å². The first-order chi connectivity index (χ1) is 22.4. The minimum Gasteiger partial charge on any atom is -0.324 e. The number of pyridine rings is 1. The van der Waals surface area contributed by atoms with E-state index in [1.165, 1.54) is 0 Å². The highest BCUT2D eigenvalue weighted by Crippen LogP contribution is 2.24. The topological polar surface area (TPSA) is 84.7 Å². The molecule has 0 aliphatic carbocycles. The molecule has 5 rings (SSSR count). The minimum absolute atomic E-state index is 0.303. The fourth-order valence-electron chi connectivity index (χ4n) is 3.38. The van der Waals surface area contributed by atoms with Crippen LogP contribution in [0.4, 0.5) is 17.3 Å². The van der Waals surface area contributed by atoms with E-state index in [4.69, 9.17) is 16.4 Å². The van der Waals surface area contributed by atoms with Crippen molar-refractivity contribution in [2.24, 2.45) is 0 Å². The second-order valence-electron chi connectivity index (χ2n) is 7.83. The van der Waals surface area contributed by atoms with Gasteiger partial charge in [-0.05, 0) is 91.9 Å². The van der Waals surface area contributed by atoms with Crippen molar-refractivity contribution in [1.29, 1.82) is 0 Å². The highest BCUT2D eigenvalue weighted by molar-refractivity contribution is 6.05. The number of hydrogen-bond donors (Lipinski definition) is 2. The summed E-state index contributed by atoms with van der Waals surface area (Å²) < 4.78 is 100. The normalized spacial score (nSPS) is 15.8. The number of nitrogens with one attached hydrogen (secondary N) is 2. The maximum Gasteiger partial charge on any atom is 0.255 e. The fourth-order valence-corrected chi connectivity index (χ4v) is 3.38. The van der Waals surface area contributed by atoms with E-state index in [9.17, 15) is 4.79 Å². The van der Waals surface area contributed by atoms with Gasteiger partial charge >= 0.3 is 0 Å². The van der Waals surface area contributed by atoms with Crippen molar-refractivity contribution >= 4 is 23.2 Å². The largest absolute Gasteiger partial charge is 0.324 e. The average Bonchev–Trinajstić information content (AvgIpc) is 3.42. The first kappa shape index (κ1) is 12.8. The summed E-state index contributed by atoms with van der Waals surface area (Å²) in [6.45, 7) is 0.646. The SMILES string of the molecule is [2H]c1nc(Nc2c([2H])c(C(=O)Nc3cc(C)cc(-n4ccc(C)c4)c3)c([2H])c([2H])c2C([2H])([2H])[2H])nc(-c2c([2H])nc([2H])c([2H])c2[2H])c1[2H]. The Balaban J connectivity index is 1.63. The van der Waals surface area contributed by atoms with E-state index >= 15 is 0 Å². The summed E-state index contributed by atoms with van der Waals surface area (Å²) in [4.78, 5) is 25.1. The zero-order valence-corrected chi connectivity index (χ0v) is 19.2. The van der Waals surface area contributed by atoms with Crippen molar-refractivity contribution in [3.05, 3.63) is 114 Å². The van der Waals surface area contributed by atoms with Crippen LogP contribution in [0, 0.1) is 20.7 Å². The molecule has 1 amide bonds. The van der Waals surface area contributed by atoms with E-state index in [1.54, 1.807) is 12.1 Å². The van der Waals surface area contributed by atoms with E-state index < -0.39 is 102 Å². The average molecular weight is 487 g/mol. The summed E-state index contributed by atoms with van der Waals surface area (Å²) in [5.41, 5.74) is -0.263. The first-order valence-electron chi connectivity index (χ1n) is 16.7. The summed E-state index contributed by atoms with van der Waals surface area (Å²) in [6, 6.07) is 2.59. The van der Waals surface area contributed by atoms with Crippen LogP contribution in [0.5, 0.6) is 0 Å². The van der Waals surface area contributed by atoms with Gasteiger partial charge in [0, 0.05) is 63.2 Å². The summed E-state index contributed by atoms with van der Waals surface area (Å²) in [6.07, 6.45) is 1.63. The smallest absolute Gasteiger partial charge is 0.255 e. The number of carbonyl (C=O) groups excluding carboxylic acids is 1. The number of hydrogen-bond acceptors (Lipinski definition) is 5. The predicted octanol–water partition coefficient (Wildman–Crippen LogP) is 6.25. The van der Waals surface area contributed by atoms with Gasteiger partial charge in [0.15, 0.2) is 0 Å². The summed E-state index contributed by atoms with van der Waals surface area (Å²) >= 11 is 0. The van der Waals surface area contributed by atoms with Crippen LogP contribution in [-0.4, -0.2) is 25.4 Å². The molecule has 0 aliphatic rings. The summed E-state index contributed by atoms with van der Waals surface area (Å²) in [7, 11) is 0. The molecule has 5 aromatic rings. The van der Waals surface area contributed by atoms with Crippen molar-refractivity contribution in [3.8, 4) is 16.9 Å². The molecular weight excluding hydrogens is 448 g/mol. The van der Waals surface area contributed by atoms with E-state index in [0.717, 1.165) is 11.1 Å². The Bertz CT molecular complexity index is 2130. The number of benzene rings is 2. The lowest BCUT2D eigenvalue weighted by Crippen LogP contribution is -2.13. The molecule has 0 bridgehead atoms. The molecule has 36 heavy (non-hydrogen) atoms. The molecule has 2 N–H and O–H groups in total. The molecule has 3 aromatic heterocycles. The van der Waals surface area contributed by atoms with Gasteiger partial charge in [0.1, 0.15) is 0 Å². The van der Waals surface area contributed by atoms with Crippen molar-refractivity contribution in [3.63, 3.8) is 0 Å². The van der Waals surface area contributed by atoms with Gasteiger partial charge in [-0.2, -0.15) is 0 Å². The van der Waals surface area contributed by atoms with Crippen LogP contribution in [0.15, 0.2) is 91.4 Å². The number of nitrogens with zero attached hydrogens (tertiary/aromatic N) is 4. The molecule has 0 spiro atoms. The minimum atomic E-state index is -3.08. The summed E-state index contributed by atoms with van der Waals surface area (Å²) in [5.74, 6) is -1.58. The predicted molar refractivity (Wildman–Crippen MR) is 143 cm³/mol. The Labute approximate surface area is 226 Å². The Kier molecular flexibility index (Phi) is 3.49. The molecule has 178 valence electrons. The molecule has 0 aliphatic heterocycles. The van der Waals surface area contributed by atoms with Gasteiger partial charge in [-0.25, -0.2) is 9.97 Å². The number of carbonyl (C=O) groups is 1. The third-order valence-corrected chi connectivity index (χ3v) is 4.99. The molecule has 0 radical (unpaired) electrons. The van der Waals surface area contributed by atoms with Gasteiger partial charge in [0.05, 0.1) is 18.0 Å². The van der Waals surface area contributed by atoms with Crippen LogP contribution in [0.1, 0.15) is 43.5 Å². The molecule has 0 atom stereocenters. The van der Waals surface area contributed by atoms with Crippen LogP contribution in [0.3, 0.4) is 0 Å². The first-order valence-corrected chi connectivity index (χ1v) is 10.7. The molecule has 7 nitrogen and oxygen atoms in total. The molecular formula is C29H26N6O. The monoisotopic (exact) mass is 486 g/mol. The van der Waals surface area contributed by atoms with Crippen LogP contribution in [0.25, 0.3) is 16.9 Å². The molecule has 0 unspecified atom stereocenters. The lowest BCUT2D eigenvalue weighted by Gasteiger charge is -2.13. The second kappa shape index (κ2) is 9.84. The highest BCUT2D eigenvalue weighted by atomic mass is 16.1. The van der Waals surface area contributed by atoms with E-state index in [2.05, 4.69) is 25.6 Å². The maximum absolute atomic E-state index is 13.6. The number of anilines is 3. The maximum atomic E-state index is 13.6. The lowest BCUT2D eigenvalue weighted by atomic mass is 10.1. The van der Waals surface area contributed by atoms with Crippen molar-refractivity contribution < 1.29 is 21.2 Å². The molecule has 2 aromatic carbocycles. The Morgan fingerprint density at radius 1 is 1.08 bits per heavy atom. The lowest BCUT2D eigenvalue weighted by molar-refractivity contribution is 0.102. The van der Waals surface area contributed by atoms with E-state index in [0.29, 0.717) is 11.4 Å². The Morgan fingerprint density at radius 3 is 2.83 bits per heavy atom. The van der Waals surface area contributed by atoms with Crippen LogP contribution in [0.2, 0.25) is 0 Å². The quantitative estimate of drug-likeness (QED) is 0.296. The van der Waals surface area contributed by atoms with Crippen molar-refractivity contribution in [1.82, 2.24) is 19.5 Å². The number of rotatable bonds is 6. The Hall–Kier alpha value is -4.78. The number of aryl methyl sites for hydroxylation is 2.